The van der Waals surface area contributed by atoms with Crippen molar-refractivity contribution in [1.29, 1.82) is 0 Å². The molecule has 1 aromatic carbocycles. The normalized spacial score (nSPS) is 14.4. The molecule has 1 heterocycles. The maximum atomic E-state index is 12.0. The molecule has 0 aliphatic heterocycles. The van der Waals surface area contributed by atoms with Crippen molar-refractivity contribution in [3.05, 3.63) is 35.2 Å². The molecule has 0 atom stereocenters. The zero-order chi connectivity index (χ0) is 19.9. The Morgan fingerprint density at radius 1 is 1.25 bits per heavy atom. The SMILES string of the molecule is CSc1nnc(CCCNC(=O)COc2ccc(C)c(C)c2)n1C1CCCC1. The molecule has 1 fully saturated rings. The Morgan fingerprint density at radius 3 is 2.75 bits per heavy atom. The van der Waals surface area contributed by atoms with Crippen LogP contribution in [0.3, 0.4) is 0 Å². The average Bonchev–Trinajstić information content (AvgIpc) is 3.35. The third kappa shape index (κ3) is 5.28. The number of benzene rings is 1. The van der Waals surface area contributed by atoms with E-state index in [-0.39, 0.29) is 12.5 Å². The molecule has 0 unspecified atom stereocenters. The predicted octanol–water partition coefficient (Wildman–Crippen LogP) is 3.86. The Kier molecular flexibility index (Phi) is 7.36. The van der Waals surface area contributed by atoms with E-state index in [1.807, 2.05) is 25.1 Å². The van der Waals surface area contributed by atoms with Crippen LogP contribution in [-0.2, 0) is 11.2 Å². The lowest BCUT2D eigenvalue weighted by molar-refractivity contribution is -0.123. The van der Waals surface area contributed by atoms with E-state index in [0.29, 0.717) is 12.6 Å². The first-order chi connectivity index (χ1) is 13.6. The number of hydrogen-bond donors (Lipinski definition) is 1. The summed E-state index contributed by atoms with van der Waals surface area (Å²) in [5.74, 6) is 1.67. The number of aryl methyl sites for hydroxylation is 3. The number of hydrogen-bond acceptors (Lipinski definition) is 5. The minimum absolute atomic E-state index is 0.0391. The Labute approximate surface area is 171 Å². The Hall–Kier alpha value is -2.02. The van der Waals surface area contributed by atoms with Gasteiger partial charge in [-0.3, -0.25) is 4.79 Å². The van der Waals surface area contributed by atoms with Crippen molar-refractivity contribution in [3.8, 4) is 5.75 Å². The molecule has 0 spiro atoms. The second-order valence-electron chi connectivity index (χ2n) is 7.40. The highest BCUT2D eigenvalue weighted by Crippen LogP contribution is 2.33. The van der Waals surface area contributed by atoms with E-state index in [4.69, 9.17) is 4.74 Å². The topological polar surface area (TPSA) is 69.0 Å². The minimum atomic E-state index is -0.0970. The van der Waals surface area contributed by atoms with Crippen LogP contribution in [0.2, 0.25) is 0 Å². The minimum Gasteiger partial charge on any atom is -0.484 e. The number of aromatic nitrogens is 3. The number of ether oxygens (including phenoxy) is 1. The van der Waals surface area contributed by atoms with Gasteiger partial charge >= 0.3 is 0 Å². The molecular formula is C21H30N4O2S. The molecule has 1 aliphatic rings. The Morgan fingerprint density at radius 2 is 2.04 bits per heavy atom. The molecule has 1 amide bonds. The van der Waals surface area contributed by atoms with Crippen LogP contribution in [0.15, 0.2) is 23.4 Å². The van der Waals surface area contributed by atoms with Crippen LogP contribution >= 0.6 is 11.8 Å². The van der Waals surface area contributed by atoms with Gasteiger partial charge in [0.15, 0.2) is 11.8 Å². The number of carbonyl (C=O) groups excluding carboxylic acids is 1. The summed E-state index contributed by atoms with van der Waals surface area (Å²) in [6, 6.07) is 6.40. The van der Waals surface area contributed by atoms with Crippen molar-refractivity contribution in [3.63, 3.8) is 0 Å². The lowest BCUT2D eigenvalue weighted by atomic mass is 10.1. The van der Waals surface area contributed by atoms with Crippen molar-refractivity contribution < 1.29 is 9.53 Å². The molecule has 0 bridgehead atoms. The largest absolute Gasteiger partial charge is 0.484 e. The van der Waals surface area contributed by atoms with Crippen LogP contribution < -0.4 is 10.1 Å². The van der Waals surface area contributed by atoms with Crippen LogP contribution in [0, 0.1) is 13.8 Å². The third-order valence-corrected chi connectivity index (χ3v) is 6.00. The van der Waals surface area contributed by atoms with Crippen LogP contribution in [0.4, 0.5) is 0 Å². The van der Waals surface area contributed by atoms with Crippen molar-refractivity contribution in [2.45, 2.75) is 63.6 Å². The van der Waals surface area contributed by atoms with Gasteiger partial charge in [-0.2, -0.15) is 0 Å². The standard InChI is InChI=1S/C21H30N4O2S/c1-15-10-11-18(13-16(15)2)27-14-20(26)22-12-6-9-19-23-24-21(28-3)25(19)17-7-4-5-8-17/h10-11,13,17H,4-9,12,14H2,1-3H3,(H,22,26). The smallest absolute Gasteiger partial charge is 0.257 e. The van der Waals surface area contributed by atoms with Gasteiger partial charge in [0.1, 0.15) is 11.6 Å². The second kappa shape index (κ2) is 9.96. The summed E-state index contributed by atoms with van der Waals surface area (Å²) in [5, 5.41) is 12.7. The fraction of sp³-hybridized carbons (Fsp3) is 0.571. The zero-order valence-corrected chi connectivity index (χ0v) is 17.8. The first kappa shape index (κ1) is 20.7. The quantitative estimate of drug-likeness (QED) is 0.509. The van der Waals surface area contributed by atoms with Gasteiger partial charge in [-0.05, 0) is 62.6 Å². The van der Waals surface area contributed by atoms with E-state index in [1.165, 1.54) is 31.2 Å². The lowest BCUT2D eigenvalue weighted by Gasteiger charge is -2.16. The van der Waals surface area contributed by atoms with Gasteiger partial charge in [0, 0.05) is 19.0 Å². The fourth-order valence-electron chi connectivity index (χ4n) is 3.62. The zero-order valence-electron chi connectivity index (χ0n) is 17.0. The van der Waals surface area contributed by atoms with Gasteiger partial charge < -0.3 is 14.6 Å². The Balaban J connectivity index is 1.42. The van der Waals surface area contributed by atoms with Gasteiger partial charge in [0.05, 0.1) is 0 Å². The third-order valence-electron chi connectivity index (χ3n) is 5.36. The summed E-state index contributed by atoms with van der Waals surface area (Å²) >= 11 is 1.66. The molecular weight excluding hydrogens is 372 g/mol. The first-order valence-corrected chi connectivity index (χ1v) is 11.3. The molecule has 1 aromatic heterocycles. The summed E-state index contributed by atoms with van der Waals surface area (Å²) in [6.07, 6.45) is 8.71. The number of thioether (sulfide) groups is 1. The van der Waals surface area contributed by atoms with Crippen LogP contribution in [0.25, 0.3) is 0 Å². The average molecular weight is 403 g/mol. The highest BCUT2D eigenvalue weighted by atomic mass is 32.2. The van der Waals surface area contributed by atoms with Crippen LogP contribution in [-0.4, -0.2) is 40.1 Å². The van der Waals surface area contributed by atoms with Crippen molar-refractivity contribution in [2.75, 3.05) is 19.4 Å². The van der Waals surface area contributed by atoms with Gasteiger partial charge in [-0.1, -0.05) is 30.7 Å². The number of nitrogens with one attached hydrogen (secondary N) is 1. The van der Waals surface area contributed by atoms with Crippen molar-refractivity contribution >= 4 is 17.7 Å². The maximum absolute atomic E-state index is 12.0. The molecule has 3 rings (SSSR count). The van der Waals surface area contributed by atoms with Gasteiger partial charge in [-0.25, -0.2) is 0 Å². The molecule has 28 heavy (non-hydrogen) atoms. The van der Waals surface area contributed by atoms with E-state index < -0.39 is 0 Å². The van der Waals surface area contributed by atoms with Crippen LogP contribution in [0.5, 0.6) is 5.75 Å². The molecule has 0 radical (unpaired) electrons. The molecule has 6 nitrogen and oxygen atoms in total. The van der Waals surface area contributed by atoms with Crippen molar-refractivity contribution in [1.82, 2.24) is 20.1 Å². The van der Waals surface area contributed by atoms with Gasteiger partial charge in [-0.15, -0.1) is 10.2 Å². The fourth-order valence-corrected chi connectivity index (χ4v) is 4.20. The van der Waals surface area contributed by atoms with E-state index >= 15 is 0 Å². The summed E-state index contributed by atoms with van der Waals surface area (Å²) in [4.78, 5) is 12.0. The van der Waals surface area contributed by atoms with Crippen molar-refractivity contribution in [2.24, 2.45) is 0 Å². The van der Waals surface area contributed by atoms with Crippen LogP contribution in [0.1, 0.15) is 55.1 Å². The number of amides is 1. The summed E-state index contributed by atoms with van der Waals surface area (Å²) in [6.45, 7) is 4.75. The highest BCUT2D eigenvalue weighted by molar-refractivity contribution is 7.98. The Bertz CT molecular complexity index is 800. The van der Waals surface area contributed by atoms with E-state index in [0.717, 1.165) is 35.1 Å². The van der Waals surface area contributed by atoms with E-state index in [1.54, 1.807) is 11.8 Å². The molecule has 1 aliphatic carbocycles. The highest BCUT2D eigenvalue weighted by Gasteiger charge is 2.23. The summed E-state index contributed by atoms with van der Waals surface area (Å²) < 4.78 is 7.90. The maximum Gasteiger partial charge on any atom is 0.257 e. The molecule has 7 heteroatoms. The number of nitrogens with zero attached hydrogens (tertiary/aromatic N) is 3. The van der Waals surface area contributed by atoms with E-state index in [9.17, 15) is 4.79 Å². The summed E-state index contributed by atoms with van der Waals surface area (Å²) in [7, 11) is 0. The first-order valence-electron chi connectivity index (χ1n) is 10.0. The monoisotopic (exact) mass is 402 g/mol. The van der Waals surface area contributed by atoms with E-state index in [2.05, 4.69) is 33.3 Å². The molecule has 0 saturated heterocycles. The molecule has 1 N–H and O–H groups in total. The predicted molar refractivity (Wildman–Crippen MR) is 112 cm³/mol. The molecule has 1 saturated carbocycles. The summed E-state index contributed by atoms with van der Waals surface area (Å²) in [5.41, 5.74) is 2.38. The van der Waals surface area contributed by atoms with Gasteiger partial charge in [0.25, 0.3) is 5.91 Å². The number of rotatable bonds is 9. The van der Waals surface area contributed by atoms with Gasteiger partial charge in [0.2, 0.25) is 0 Å². The molecule has 2 aromatic rings. The lowest BCUT2D eigenvalue weighted by Crippen LogP contribution is -2.30. The second-order valence-corrected chi connectivity index (χ2v) is 8.17. The molecule has 152 valence electrons. The number of carbonyl (C=O) groups is 1.